The molecule has 0 radical (unpaired) electrons. The Labute approximate surface area is 174 Å². The molecule has 6 heteroatoms. The highest BCUT2D eigenvalue weighted by molar-refractivity contribution is 7.12. The summed E-state index contributed by atoms with van der Waals surface area (Å²) in [7, 11) is 0. The van der Waals surface area contributed by atoms with E-state index in [1.54, 1.807) is 17.0 Å². The van der Waals surface area contributed by atoms with Crippen molar-refractivity contribution in [1.82, 2.24) is 4.90 Å². The van der Waals surface area contributed by atoms with Gasteiger partial charge < -0.3 is 14.7 Å². The van der Waals surface area contributed by atoms with Crippen LogP contribution in [0.3, 0.4) is 0 Å². The van der Waals surface area contributed by atoms with Crippen molar-refractivity contribution in [2.75, 3.05) is 0 Å². The van der Waals surface area contributed by atoms with Crippen LogP contribution in [0.2, 0.25) is 0 Å². The zero-order chi connectivity index (χ0) is 20.5. The quantitative estimate of drug-likeness (QED) is 0.675. The Kier molecular flexibility index (Phi) is 5.46. The highest BCUT2D eigenvalue weighted by atomic mass is 32.1. The number of nitrogens with zero attached hydrogens (tertiary/aromatic N) is 1. The monoisotopic (exact) mass is 411 g/mol. The lowest BCUT2D eigenvalue weighted by atomic mass is 9.94. The van der Waals surface area contributed by atoms with Crippen molar-refractivity contribution in [3.05, 3.63) is 63.6 Å². The SMILES string of the molecule is CC(C)Oc1ccc(C2C(C(=O)c3cccs3)=C(O)C(=O)N2C2CCCC2)cc1. The molecule has 4 rings (SSSR count). The summed E-state index contributed by atoms with van der Waals surface area (Å²) in [4.78, 5) is 28.5. The summed E-state index contributed by atoms with van der Waals surface area (Å²) < 4.78 is 5.73. The fourth-order valence-corrected chi connectivity index (χ4v) is 4.96. The second kappa shape index (κ2) is 8.03. The lowest BCUT2D eigenvalue weighted by Crippen LogP contribution is -2.38. The van der Waals surface area contributed by atoms with Crippen LogP contribution in [0.4, 0.5) is 0 Å². The first-order chi connectivity index (χ1) is 14.0. The van der Waals surface area contributed by atoms with E-state index in [2.05, 4.69) is 0 Å². The second-order valence-electron chi connectivity index (χ2n) is 7.86. The van der Waals surface area contributed by atoms with Crippen LogP contribution in [0.15, 0.2) is 53.1 Å². The van der Waals surface area contributed by atoms with E-state index in [1.807, 2.05) is 43.5 Å². The highest BCUT2D eigenvalue weighted by Gasteiger charge is 2.47. The van der Waals surface area contributed by atoms with Crippen molar-refractivity contribution < 1.29 is 19.4 Å². The predicted octanol–water partition coefficient (Wildman–Crippen LogP) is 5.06. The van der Waals surface area contributed by atoms with Gasteiger partial charge in [-0.05, 0) is 55.8 Å². The molecule has 0 spiro atoms. The lowest BCUT2D eigenvalue weighted by molar-refractivity contribution is -0.131. The van der Waals surface area contributed by atoms with Gasteiger partial charge in [0.05, 0.1) is 22.6 Å². The third-order valence-corrected chi connectivity index (χ3v) is 6.39. The molecule has 1 aliphatic carbocycles. The average molecular weight is 412 g/mol. The molecule has 1 aromatic carbocycles. The summed E-state index contributed by atoms with van der Waals surface area (Å²) in [5, 5.41) is 12.5. The number of hydrogen-bond donors (Lipinski definition) is 1. The minimum absolute atomic E-state index is 0.0369. The number of hydrogen-bond acceptors (Lipinski definition) is 5. The van der Waals surface area contributed by atoms with Gasteiger partial charge in [0.1, 0.15) is 5.75 Å². The Morgan fingerprint density at radius 3 is 2.45 bits per heavy atom. The number of ether oxygens (including phenoxy) is 1. The van der Waals surface area contributed by atoms with Gasteiger partial charge in [0.15, 0.2) is 5.76 Å². The van der Waals surface area contributed by atoms with E-state index < -0.39 is 17.7 Å². The van der Waals surface area contributed by atoms with Crippen LogP contribution in [0.5, 0.6) is 5.75 Å². The van der Waals surface area contributed by atoms with Crippen LogP contribution in [-0.4, -0.2) is 33.8 Å². The number of Topliss-reactive ketones (excluding diaryl/α,β-unsaturated/α-hetero) is 1. The second-order valence-corrected chi connectivity index (χ2v) is 8.81. The minimum atomic E-state index is -0.576. The largest absolute Gasteiger partial charge is 0.503 e. The summed E-state index contributed by atoms with van der Waals surface area (Å²) in [6, 6.07) is 10.5. The first-order valence-electron chi connectivity index (χ1n) is 10.1. The van der Waals surface area contributed by atoms with Crippen LogP contribution in [0, 0.1) is 0 Å². The van der Waals surface area contributed by atoms with E-state index in [-0.39, 0.29) is 23.5 Å². The van der Waals surface area contributed by atoms with Gasteiger partial charge in [-0.1, -0.05) is 31.0 Å². The van der Waals surface area contributed by atoms with Gasteiger partial charge in [-0.15, -0.1) is 11.3 Å². The summed E-state index contributed by atoms with van der Waals surface area (Å²) in [6.07, 6.45) is 3.95. The van der Waals surface area contributed by atoms with E-state index in [9.17, 15) is 14.7 Å². The molecule has 2 heterocycles. The molecule has 0 saturated heterocycles. The third-order valence-electron chi connectivity index (χ3n) is 5.52. The number of ketones is 1. The Balaban J connectivity index is 1.75. The Morgan fingerprint density at radius 1 is 1.17 bits per heavy atom. The summed E-state index contributed by atoms with van der Waals surface area (Å²) in [5.74, 6) is -0.397. The molecule has 1 N–H and O–H groups in total. The Bertz CT molecular complexity index is 924. The lowest BCUT2D eigenvalue weighted by Gasteiger charge is -2.32. The van der Waals surface area contributed by atoms with Crippen molar-refractivity contribution in [2.24, 2.45) is 0 Å². The van der Waals surface area contributed by atoms with Crippen molar-refractivity contribution >= 4 is 23.0 Å². The van der Waals surface area contributed by atoms with Gasteiger partial charge in [0.25, 0.3) is 5.91 Å². The van der Waals surface area contributed by atoms with Crippen LogP contribution in [0.1, 0.15) is 60.8 Å². The zero-order valence-electron chi connectivity index (χ0n) is 16.6. The van der Waals surface area contributed by atoms with E-state index >= 15 is 0 Å². The van der Waals surface area contributed by atoms with Crippen LogP contribution < -0.4 is 4.74 Å². The normalized spacial score (nSPS) is 20.2. The number of rotatable bonds is 6. The van der Waals surface area contributed by atoms with Gasteiger partial charge in [-0.3, -0.25) is 9.59 Å². The molecule has 29 heavy (non-hydrogen) atoms. The third kappa shape index (κ3) is 3.69. The van der Waals surface area contributed by atoms with Gasteiger partial charge in [-0.25, -0.2) is 0 Å². The molecule has 1 aromatic heterocycles. The molecule has 1 amide bonds. The molecular formula is C23H25NO4S. The number of aliphatic hydroxyl groups is 1. The molecule has 1 atom stereocenters. The van der Waals surface area contributed by atoms with Gasteiger partial charge in [-0.2, -0.15) is 0 Å². The molecule has 1 fully saturated rings. The number of carbonyl (C=O) groups excluding carboxylic acids is 2. The maximum Gasteiger partial charge on any atom is 0.290 e. The van der Waals surface area contributed by atoms with E-state index in [0.29, 0.717) is 4.88 Å². The van der Waals surface area contributed by atoms with Crippen molar-refractivity contribution in [3.8, 4) is 5.75 Å². The van der Waals surface area contributed by atoms with Gasteiger partial charge >= 0.3 is 0 Å². The Hall–Kier alpha value is -2.60. The molecule has 2 aromatic rings. The molecule has 1 saturated carbocycles. The topological polar surface area (TPSA) is 66.8 Å². The highest BCUT2D eigenvalue weighted by Crippen LogP contribution is 2.43. The summed E-state index contributed by atoms with van der Waals surface area (Å²) in [5.41, 5.74) is 0.993. The smallest absolute Gasteiger partial charge is 0.290 e. The molecular weight excluding hydrogens is 386 g/mol. The first-order valence-corrected chi connectivity index (χ1v) is 11.0. The van der Waals surface area contributed by atoms with Gasteiger partial charge in [0.2, 0.25) is 5.78 Å². The van der Waals surface area contributed by atoms with Crippen LogP contribution >= 0.6 is 11.3 Å². The molecule has 152 valence electrons. The van der Waals surface area contributed by atoms with Gasteiger partial charge in [0, 0.05) is 6.04 Å². The summed E-state index contributed by atoms with van der Waals surface area (Å²) >= 11 is 1.32. The fourth-order valence-electron chi connectivity index (χ4n) is 4.28. The van der Waals surface area contributed by atoms with E-state index in [0.717, 1.165) is 37.0 Å². The molecule has 1 aliphatic heterocycles. The number of benzene rings is 1. The van der Waals surface area contributed by atoms with Crippen LogP contribution in [-0.2, 0) is 4.79 Å². The maximum atomic E-state index is 13.2. The first kappa shape index (κ1) is 19.7. The van der Waals surface area contributed by atoms with Crippen LogP contribution in [0.25, 0.3) is 0 Å². The molecule has 1 unspecified atom stereocenters. The van der Waals surface area contributed by atoms with E-state index in [4.69, 9.17) is 4.74 Å². The minimum Gasteiger partial charge on any atom is -0.503 e. The van der Waals surface area contributed by atoms with Crippen molar-refractivity contribution in [1.29, 1.82) is 0 Å². The Morgan fingerprint density at radius 2 is 1.86 bits per heavy atom. The zero-order valence-corrected chi connectivity index (χ0v) is 17.4. The molecule has 5 nitrogen and oxygen atoms in total. The number of carbonyl (C=O) groups is 2. The number of aliphatic hydroxyl groups excluding tert-OH is 1. The van der Waals surface area contributed by atoms with Crippen molar-refractivity contribution in [3.63, 3.8) is 0 Å². The number of amides is 1. The maximum absolute atomic E-state index is 13.2. The number of thiophene rings is 1. The van der Waals surface area contributed by atoms with Crippen molar-refractivity contribution in [2.45, 2.75) is 57.7 Å². The fraction of sp³-hybridized carbons (Fsp3) is 0.391. The standard InChI is InChI=1S/C23H25NO4S/c1-14(2)28-17-11-9-15(10-12-17)20-19(21(25)18-8-5-13-29-18)22(26)23(27)24(20)16-6-3-4-7-16/h5,8-14,16,20,26H,3-4,6-7H2,1-2H3. The summed E-state index contributed by atoms with van der Waals surface area (Å²) in [6.45, 7) is 3.92. The predicted molar refractivity (Wildman–Crippen MR) is 112 cm³/mol. The van der Waals surface area contributed by atoms with E-state index in [1.165, 1.54) is 11.3 Å². The average Bonchev–Trinajstić information content (AvgIpc) is 3.44. The molecule has 0 bridgehead atoms. The molecule has 2 aliphatic rings.